The number of aromatic nitrogens is 2. The van der Waals surface area contributed by atoms with Crippen molar-refractivity contribution < 1.29 is 4.74 Å². The standard InChI is InChI=1S/C16H18N4OS/c1-4-17-16(18-5-1)20-8-6-19(7-9-20)11-13-2-3-14-15(10-13)22-12-21-14/h1-5,10H,6-9,11-12H2. The summed E-state index contributed by atoms with van der Waals surface area (Å²) in [6.07, 6.45) is 3.61. The number of rotatable bonds is 3. The van der Waals surface area contributed by atoms with Gasteiger partial charge in [0.2, 0.25) is 5.95 Å². The molecule has 114 valence electrons. The van der Waals surface area contributed by atoms with Crippen LogP contribution in [0.4, 0.5) is 5.95 Å². The zero-order valence-electron chi connectivity index (χ0n) is 12.3. The van der Waals surface area contributed by atoms with Gasteiger partial charge in [0.1, 0.15) is 11.7 Å². The highest BCUT2D eigenvalue weighted by atomic mass is 32.2. The van der Waals surface area contributed by atoms with Gasteiger partial charge in [0.15, 0.2) is 0 Å². The predicted octanol–water partition coefficient (Wildman–Crippen LogP) is 2.24. The Morgan fingerprint density at radius 2 is 1.91 bits per heavy atom. The van der Waals surface area contributed by atoms with Gasteiger partial charge in [0, 0.05) is 45.1 Å². The van der Waals surface area contributed by atoms with Crippen LogP contribution < -0.4 is 9.64 Å². The Morgan fingerprint density at radius 1 is 1.09 bits per heavy atom. The minimum Gasteiger partial charge on any atom is -0.481 e. The number of piperazine rings is 1. The second-order valence-electron chi connectivity index (χ2n) is 5.50. The molecular formula is C16H18N4OS. The van der Waals surface area contributed by atoms with Gasteiger partial charge in [0.25, 0.3) is 0 Å². The second-order valence-corrected chi connectivity index (χ2v) is 6.46. The van der Waals surface area contributed by atoms with Crippen molar-refractivity contribution in [2.75, 3.05) is 37.0 Å². The smallest absolute Gasteiger partial charge is 0.225 e. The van der Waals surface area contributed by atoms with Gasteiger partial charge in [-0.1, -0.05) is 17.8 Å². The Hall–Kier alpha value is -1.79. The number of thioether (sulfide) groups is 1. The van der Waals surface area contributed by atoms with E-state index < -0.39 is 0 Å². The van der Waals surface area contributed by atoms with Crippen LogP contribution in [0.3, 0.4) is 0 Å². The first-order valence-electron chi connectivity index (χ1n) is 7.51. The van der Waals surface area contributed by atoms with Gasteiger partial charge in [-0.25, -0.2) is 9.97 Å². The van der Waals surface area contributed by atoms with Crippen molar-refractivity contribution in [3.8, 4) is 5.75 Å². The highest BCUT2D eigenvalue weighted by Crippen LogP contribution is 2.36. The highest BCUT2D eigenvalue weighted by Gasteiger charge is 2.19. The zero-order chi connectivity index (χ0) is 14.8. The van der Waals surface area contributed by atoms with Crippen molar-refractivity contribution in [1.29, 1.82) is 0 Å². The molecule has 4 rings (SSSR count). The zero-order valence-corrected chi connectivity index (χ0v) is 13.1. The van der Waals surface area contributed by atoms with E-state index in [1.165, 1.54) is 10.5 Å². The summed E-state index contributed by atoms with van der Waals surface area (Å²) >= 11 is 1.78. The van der Waals surface area contributed by atoms with Crippen LogP contribution in [0.25, 0.3) is 0 Å². The molecule has 5 nitrogen and oxygen atoms in total. The molecule has 1 aromatic carbocycles. The van der Waals surface area contributed by atoms with Gasteiger partial charge in [0.05, 0.1) is 4.90 Å². The maximum Gasteiger partial charge on any atom is 0.225 e. The molecule has 3 heterocycles. The third-order valence-electron chi connectivity index (χ3n) is 4.05. The van der Waals surface area contributed by atoms with Crippen molar-refractivity contribution in [2.45, 2.75) is 11.4 Å². The molecular weight excluding hydrogens is 296 g/mol. The first-order chi connectivity index (χ1) is 10.9. The largest absolute Gasteiger partial charge is 0.481 e. The number of fused-ring (bicyclic) bond motifs is 1. The molecule has 2 aliphatic rings. The molecule has 6 heteroatoms. The summed E-state index contributed by atoms with van der Waals surface area (Å²) in [5.41, 5.74) is 1.36. The Balaban J connectivity index is 1.36. The summed E-state index contributed by atoms with van der Waals surface area (Å²) in [6, 6.07) is 8.39. The molecule has 0 N–H and O–H groups in total. The Morgan fingerprint density at radius 3 is 2.73 bits per heavy atom. The van der Waals surface area contributed by atoms with E-state index in [1.807, 2.05) is 6.07 Å². The maximum absolute atomic E-state index is 5.54. The molecule has 0 amide bonds. The number of anilines is 1. The van der Waals surface area contributed by atoms with E-state index in [0.717, 1.165) is 50.4 Å². The van der Waals surface area contributed by atoms with E-state index >= 15 is 0 Å². The molecule has 0 radical (unpaired) electrons. The molecule has 0 bridgehead atoms. The Bertz CT molecular complexity index is 644. The average Bonchev–Trinajstić information content (AvgIpc) is 3.04. The summed E-state index contributed by atoms with van der Waals surface area (Å²) in [6.45, 7) is 5.04. The van der Waals surface area contributed by atoms with E-state index in [2.05, 4.69) is 38.0 Å². The molecule has 0 spiro atoms. The van der Waals surface area contributed by atoms with Crippen molar-refractivity contribution in [2.24, 2.45) is 0 Å². The number of benzene rings is 1. The van der Waals surface area contributed by atoms with Crippen LogP contribution in [0.5, 0.6) is 5.75 Å². The fraction of sp³-hybridized carbons (Fsp3) is 0.375. The number of nitrogens with zero attached hydrogens (tertiary/aromatic N) is 4. The molecule has 0 aliphatic carbocycles. The summed E-state index contributed by atoms with van der Waals surface area (Å²) in [5, 5.41) is 0. The van der Waals surface area contributed by atoms with E-state index in [-0.39, 0.29) is 0 Å². The van der Waals surface area contributed by atoms with Crippen LogP contribution in [-0.2, 0) is 6.54 Å². The van der Waals surface area contributed by atoms with E-state index in [0.29, 0.717) is 0 Å². The number of ether oxygens (including phenoxy) is 1. The third kappa shape index (κ3) is 2.89. The van der Waals surface area contributed by atoms with Crippen LogP contribution in [0, 0.1) is 0 Å². The lowest BCUT2D eigenvalue weighted by atomic mass is 10.2. The second kappa shape index (κ2) is 6.14. The average molecular weight is 314 g/mol. The lowest BCUT2D eigenvalue weighted by Crippen LogP contribution is -2.46. The van der Waals surface area contributed by atoms with Crippen LogP contribution in [0.1, 0.15) is 5.56 Å². The van der Waals surface area contributed by atoms with E-state index in [1.54, 1.807) is 24.2 Å². The summed E-state index contributed by atoms with van der Waals surface area (Å²) in [5.74, 6) is 2.61. The van der Waals surface area contributed by atoms with Crippen molar-refractivity contribution >= 4 is 17.7 Å². The van der Waals surface area contributed by atoms with Crippen LogP contribution in [0.2, 0.25) is 0 Å². The number of hydrogen-bond donors (Lipinski definition) is 0. The molecule has 0 atom stereocenters. The van der Waals surface area contributed by atoms with E-state index in [4.69, 9.17) is 4.74 Å². The summed E-state index contributed by atoms with van der Waals surface area (Å²) in [7, 11) is 0. The molecule has 2 aliphatic heterocycles. The molecule has 1 aromatic heterocycles. The lowest BCUT2D eigenvalue weighted by Gasteiger charge is -2.34. The summed E-state index contributed by atoms with van der Waals surface area (Å²) in [4.78, 5) is 14.7. The molecule has 22 heavy (non-hydrogen) atoms. The van der Waals surface area contributed by atoms with Gasteiger partial charge in [-0.15, -0.1) is 0 Å². The third-order valence-corrected chi connectivity index (χ3v) is 4.92. The minimum absolute atomic E-state index is 0.745. The van der Waals surface area contributed by atoms with Gasteiger partial charge < -0.3 is 9.64 Å². The van der Waals surface area contributed by atoms with Crippen LogP contribution in [-0.4, -0.2) is 47.0 Å². The van der Waals surface area contributed by atoms with Crippen LogP contribution >= 0.6 is 11.8 Å². The minimum atomic E-state index is 0.745. The van der Waals surface area contributed by atoms with Crippen LogP contribution in [0.15, 0.2) is 41.6 Å². The topological polar surface area (TPSA) is 41.5 Å². The van der Waals surface area contributed by atoms with Gasteiger partial charge >= 0.3 is 0 Å². The predicted molar refractivity (Wildman–Crippen MR) is 87.3 cm³/mol. The van der Waals surface area contributed by atoms with Gasteiger partial charge in [-0.2, -0.15) is 0 Å². The van der Waals surface area contributed by atoms with Crippen molar-refractivity contribution in [1.82, 2.24) is 14.9 Å². The fourth-order valence-corrected chi connectivity index (χ4v) is 3.67. The van der Waals surface area contributed by atoms with Gasteiger partial charge in [-0.05, 0) is 23.8 Å². The highest BCUT2D eigenvalue weighted by molar-refractivity contribution is 7.99. The monoisotopic (exact) mass is 314 g/mol. The normalized spacial score (nSPS) is 18.1. The molecule has 1 fully saturated rings. The van der Waals surface area contributed by atoms with Gasteiger partial charge in [-0.3, -0.25) is 4.90 Å². The molecule has 0 saturated carbocycles. The quantitative estimate of drug-likeness (QED) is 0.865. The lowest BCUT2D eigenvalue weighted by molar-refractivity contribution is 0.248. The first kappa shape index (κ1) is 13.8. The maximum atomic E-state index is 5.54. The first-order valence-corrected chi connectivity index (χ1v) is 8.50. The van der Waals surface area contributed by atoms with E-state index in [9.17, 15) is 0 Å². The number of hydrogen-bond acceptors (Lipinski definition) is 6. The van der Waals surface area contributed by atoms with Crippen molar-refractivity contribution in [3.63, 3.8) is 0 Å². The van der Waals surface area contributed by atoms with Crippen molar-refractivity contribution in [3.05, 3.63) is 42.2 Å². The molecule has 1 saturated heterocycles. The summed E-state index contributed by atoms with van der Waals surface area (Å²) < 4.78 is 5.54. The Labute approximate surface area is 134 Å². The fourth-order valence-electron chi connectivity index (χ4n) is 2.86. The SMILES string of the molecule is c1cnc(N2CCN(Cc3ccc4c(c3)SCO4)CC2)nc1. The Kier molecular flexibility index (Phi) is 3.86. The molecule has 2 aromatic rings. The molecule has 0 unspecified atom stereocenters.